The Hall–Kier alpha value is -6.09. The van der Waals surface area contributed by atoms with E-state index in [-0.39, 0.29) is 35.3 Å². The summed E-state index contributed by atoms with van der Waals surface area (Å²) in [5.41, 5.74) is 2.95. The lowest BCUT2D eigenvalue weighted by molar-refractivity contribution is -0.384. The van der Waals surface area contributed by atoms with Crippen molar-refractivity contribution in [2.24, 2.45) is 5.10 Å². The number of rotatable bonds is 12. The predicted octanol–water partition coefficient (Wildman–Crippen LogP) is 5.73. The van der Waals surface area contributed by atoms with E-state index >= 15 is 0 Å². The number of ether oxygens (including phenoxy) is 2. The maximum Gasteiger partial charge on any atom is 0.269 e. The molecule has 0 fully saturated rings. The molecule has 50 heavy (non-hydrogen) atoms. The molecule has 1 aromatic heterocycles. The molecule has 1 N–H and O–H groups in total. The number of para-hydroxylation sites is 2. The van der Waals surface area contributed by atoms with Crippen molar-refractivity contribution in [3.05, 3.63) is 136 Å². The van der Waals surface area contributed by atoms with Gasteiger partial charge in [0, 0.05) is 24.1 Å². The van der Waals surface area contributed by atoms with E-state index in [1.807, 2.05) is 30.3 Å². The molecule has 2 amide bonds. The first-order valence-electron chi connectivity index (χ1n) is 15.3. The molecule has 0 saturated carbocycles. The molecule has 5 aromatic rings. The molecule has 2 heterocycles. The van der Waals surface area contributed by atoms with Crippen LogP contribution in [0.25, 0.3) is 5.69 Å². The first kappa shape index (κ1) is 33.8. The predicted molar refractivity (Wildman–Crippen MR) is 183 cm³/mol. The van der Waals surface area contributed by atoms with Gasteiger partial charge in [0.25, 0.3) is 17.5 Å². The first-order chi connectivity index (χ1) is 24.2. The van der Waals surface area contributed by atoms with Crippen molar-refractivity contribution in [1.82, 2.24) is 25.1 Å². The van der Waals surface area contributed by atoms with E-state index in [4.69, 9.17) is 14.6 Å². The number of hydrogen-bond acceptors (Lipinski definition) is 10. The molecule has 4 aromatic carbocycles. The van der Waals surface area contributed by atoms with Gasteiger partial charge in [0.2, 0.25) is 0 Å². The van der Waals surface area contributed by atoms with Crippen molar-refractivity contribution < 1.29 is 28.4 Å². The number of methoxy groups -OCH3 is 2. The van der Waals surface area contributed by atoms with E-state index < -0.39 is 16.9 Å². The number of aromatic nitrogens is 3. The highest BCUT2D eigenvalue weighted by atomic mass is 32.2. The van der Waals surface area contributed by atoms with Gasteiger partial charge in [-0.3, -0.25) is 24.3 Å². The molecule has 0 aliphatic carbocycles. The van der Waals surface area contributed by atoms with Crippen LogP contribution < -0.4 is 14.8 Å². The number of benzene rings is 4. The number of nitrogens with one attached hydrogen (secondary N) is 1. The fourth-order valence-electron chi connectivity index (χ4n) is 5.40. The topological polar surface area (TPSA) is 154 Å². The summed E-state index contributed by atoms with van der Waals surface area (Å²) in [6.07, 6.45) is 0.421. The Labute approximate surface area is 289 Å². The fourth-order valence-corrected chi connectivity index (χ4v) is 6.21. The van der Waals surface area contributed by atoms with E-state index in [1.165, 1.54) is 48.5 Å². The summed E-state index contributed by atoms with van der Waals surface area (Å²) >= 11 is 1.13. The Kier molecular flexibility index (Phi) is 10.1. The van der Waals surface area contributed by atoms with Gasteiger partial charge in [0.05, 0.1) is 48.9 Å². The minimum Gasteiger partial charge on any atom is -0.497 e. The molecule has 1 aliphatic heterocycles. The Morgan fingerprint density at radius 2 is 1.68 bits per heavy atom. The fraction of sp³-hybridized carbons (Fsp3) is 0.171. The molecule has 1 unspecified atom stereocenters. The second-order valence-corrected chi connectivity index (χ2v) is 11.9. The number of non-ortho nitro benzene ring substituents is 1. The van der Waals surface area contributed by atoms with Gasteiger partial charge >= 0.3 is 0 Å². The second-order valence-electron chi connectivity index (χ2n) is 11.0. The normalized spacial score (nSPS) is 13.9. The average molecular weight is 696 g/mol. The van der Waals surface area contributed by atoms with Crippen LogP contribution in [-0.2, 0) is 11.3 Å². The van der Waals surface area contributed by atoms with Crippen LogP contribution in [0.5, 0.6) is 11.5 Å². The SMILES string of the molecule is COc1ccc(C2=NN(C(=O)CSc3nnc(CNC(=O)c4ccc([N+](=O)[O-])cc4)n3-c3ccccc3OC)C(c3ccc(F)cc3)C2)cc1. The number of hydrogen-bond donors (Lipinski definition) is 1. The standard InChI is InChI=1S/C35H30FN7O6S/c1-48-27-17-11-22(12-18-27)28-19-30(23-7-13-25(36)14-8-23)42(40-28)33(44)21-50-35-39-38-32(41(35)29-5-3-4-6-31(29)49-2)20-37-34(45)24-9-15-26(16-10-24)43(46)47/h3-18,30H,19-21H2,1-2H3,(H,37,45). The first-order valence-corrected chi connectivity index (χ1v) is 16.3. The maximum atomic E-state index is 13.9. The molecule has 6 rings (SSSR count). The number of halogens is 1. The van der Waals surface area contributed by atoms with E-state index in [0.717, 1.165) is 22.9 Å². The number of amides is 2. The van der Waals surface area contributed by atoms with Crippen LogP contribution in [0.2, 0.25) is 0 Å². The number of thioether (sulfide) groups is 1. The molecular weight excluding hydrogens is 665 g/mol. The Morgan fingerprint density at radius 3 is 2.36 bits per heavy atom. The highest BCUT2D eigenvalue weighted by molar-refractivity contribution is 7.99. The third-order valence-corrected chi connectivity index (χ3v) is 8.86. The zero-order chi connectivity index (χ0) is 35.2. The van der Waals surface area contributed by atoms with Crippen molar-refractivity contribution in [3.63, 3.8) is 0 Å². The van der Waals surface area contributed by atoms with Crippen LogP contribution in [0.1, 0.15) is 39.8 Å². The molecule has 13 nitrogen and oxygen atoms in total. The third kappa shape index (κ3) is 7.32. The van der Waals surface area contributed by atoms with E-state index in [0.29, 0.717) is 40.3 Å². The van der Waals surface area contributed by atoms with E-state index in [2.05, 4.69) is 15.5 Å². The molecule has 0 radical (unpaired) electrons. The number of nitrogens with zero attached hydrogens (tertiary/aromatic N) is 6. The van der Waals surface area contributed by atoms with Gasteiger partial charge < -0.3 is 14.8 Å². The summed E-state index contributed by atoms with van der Waals surface area (Å²) in [6, 6.07) is 25.4. The van der Waals surface area contributed by atoms with Gasteiger partial charge in [-0.2, -0.15) is 5.10 Å². The van der Waals surface area contributed by atoms with Crippen LogP contribution in [0.3, 0.4) is 0 Å². The van der Waals surface area contributed by atoms with Crippen LogP contribution >= 0.6 is 11.8 Å². The largest absolute Gasteiger partial charge is 0.497 e. The summed E-state index contributed by atoms with van der Waals surface area (Å²) in [7, 11) is 3.11. The number of carbonyl (C=O) groups is 2. The monoisotopic (exact) mass is 695 g/mol. The van der Waals surface area contributed by atoms with E-state index in [9.17, 15) is 24.1 Å². The van der Waals surface area contributed by atoms with Gasteiger partial charge in [-0.25, -0.2) is 9.40 Å². The van der Waals surface area contributed by atoms with Crippen LogP contribution in [-0.4, -0.2) is 62.2 Å². The summed E-state index contributed by atoms with van der Waals surface area (Å²) in [6.45, 7) is -0.0519. The van der Waals surface area contributed by atoms with Gasteiger partial charge in [-0.05, 0) is 71.8 Å². The minimum absolute atomic E-state index is 0.0519. The highest BCUT2D eigenvalue weighted by Gasteiger charge is 2.33. The molecular formula is C35H30FN7O6S. The highest BCUT2D eigenvalue weighted by Crippen LogP contribution is 2.35. The Balaban J connectivity index is 1.25. The Bertz CT molecular complexity index is 2050. The zero-order valence-corrected chi connectivity index (χ0v) is 27.7. The average Bonchev–Trinajstić information content (AvgIpc) is 3.78. The summed E-state index contributed by atoms with van der Waals surface area (Å²) < 4.78 is 26.4. The number of nitro benzene ring substituents is 1. The molecule has 1 atom stereocenters. The lowest BCUT2D eigenvalue weighted by atomic mass is 9.98. The van der Waals surface area contributed by atoms with E-state index in [1.54, 1.807) is 42.0 Å². The molecule has 1 aliphatic rings. The van der Waals surface area contributed by atoms with Gasteiger partial charge in [0.1, 0.15) is 17.3 Å². The van der Waals surface area contributed by atoms with Crippen molar-refractivity contribution >= 4 is 35.0 Å². The molecule has 0 spiro atoms. The van der Waals surface area contributed by atoms with Gasteiger partial charge in [0.15, 0.2) is 11.0 Å². The number of carbonyl (C=O) groups excluding carboxylic acids is 2. The summed E-state index contributed by atoms with van der Waals surface area (Å²) in [5.74, 6) is 0.321. The second kappa shape index (κ2) is 15.0. The maximum absolute atomic E-state index is 13.9. The van der Waals surface area contributed by atoms with Crippen LogP contribution in [0, 0.1) is 15.9 Å². The van der Waals surface area contributed by atoms with Crippen molar-refractivity contribution in [2.75, 3.05) is 20.0 Å². The summed E-state index contributed by atoms with van der Waals surface area (Å²) in [4.78, 5) is 37.3. The molecule has 254 valence electrons. The van der Waals surface area contributed by atoms with Crippen molar-refractivity contribution in [3.8, 4) is 17.2 Å². The minimum atomic E-state index is -0.541. The van der Waals surface area contributed by atoms with Crippen LogP contribution in [0.15, 0.2) is 107 Å². The lowest BCUT2D eigenvalue weighted by Gasteiger charge is -2.22. The smallest absolute Gasteiger partial charge is 0.269 e. The Morgan fingerprint density at radius 1 is 0.960 bits per heavy atom. The molecule has 0 saturated heterocycles. The zero-order valence-electron chi connectivity index (χ0n) is 26.9. The number of nitro groups is 1. The quantitative estimate of drug-likeness (QED) is 0.0979. The van der Waals surface area contributed by atoms with Gasteiger partial charge in [-0.1, -0.05) is 36.0 Å². The molecule has 0 bridgehead atoms. The lowest BCUT2D eigenvalue weighted by Crippen LogP contribution is -2.28. The van der Waals surface area contributed by atoms with Crippen molar-refractivity contribution in [1.29, 1.82) is 0 Å². The molecule has 15 heteroatoms. The third-order valence-electron chi connectivity index (χ3n) is 7.94. The summed E-state index contributed by atoms with van der Waals surface area (Å²) in [5, 5.41) is 29.0. The van der Waals surface area contributed by atoms with Crippen LogP contribution in [0.4, 0.5) is 10.1 Å². The number of hydrazone groups is 1. The van der Waals surface area contributed by atoms with Gasteiger partial charge in [-0.15, -0.1) is 10.2 Å². The van der Waals surface area contributed by atoms with Crippen molar-refractivity contribution in [2.45, 2.75) is 24.2 Å².